The number of carbonyl (C=O) groups excluding carboxylic acids is 1. The summed E-state index contributed by atoms with van der Waals surface area (Å²) in [7, 11) is 0. The predicted octanol–water partition coefficient (Wildman–Crippen LogP) is 2.96. The Morgan fingerprint density at radius 3 is 2.71 bits per heavy atom. The van der Waals surface area contributed by atoms with Gasteiger partial charge in [0.2, 0.25) is 0 Å². The van der Waals surface area contributed by atoms with Crippen molar-refractivity contribution in [3.05, 3.63) is 0 Å². The van der Waals surface area contributed by atoms with Crippen molar-refractivity contribution in [2.45, 2.75) is 84.3 Å². The Kier molecular flexibility index (Phi) is 8.93. The van der Waals surface area contributed by atoms with Crippen LogP contribution in [0.5, 0.6) is 0 Å². The lowest BCUT2D eigenvalue weighted by molar-refractivity contribution is -0.146. The zero-order valence-corrected chi connectivity index (χ0v) is 14.4. The standard InChI is InChI=1S/C17H34N2O2/c1-5-9-15-10-7-8-12-19(15)13-11-16(18-14(3)4)17(20)21-6-2/h14-16,18H,5-13H2,1-4H3. The second-order valence-electron chi connectivity index (χ2n) is 6.39. The maximum atomic E-state index is 12.1. The molecule has 0 spiro atoms. The monoisotopic (exact) mass is 298 g/mol. The van der Waals surface area contributed by atoms with Gasteiger partial charge < -0.3 is 15.0 Å². The first-order valence-corrected chi connectivity index (χ1v) is 8.75. The predicted molar refractivity (Wildman–Crippen MR) is 87.4 cm³/mol. The van der Waals surface area contributed by atoms with Crippen LogP contribution in [0.1, 0.15) is 66.2 Å². The minimum Gasteiger partial charge on any atom is -0.465 e. The van der Waals surface area contributed by atoms with E-state index in [-0.39, 0.29) is 12.0 Å². The Hall–Kier alpha value is -0.610. The molecular formula is C17H34N2O2. The lowest BCUT2D eigenvalue weighted by Gasteiger charge is -2.36. The zero-order valence-electron chi connectivity index (χ0n) is 14.4. The van der Waals surface area contributed by atoms with Crippen molar-refractivity contribution in [3.8, 4) is 0 Å². The van der Waals surface area contributed by atoms with Crippen LogP contribution < -0.4 is 5.32 Å². The van der Waals surface area contributed by atoms with Crippen LogP contribution in [0, 0.1) is 0 Å². The van der Waals surface area contributed by atoms with Crippen molar-refractivity contribution >= 4 is 5.97 Å². The molecule has 4 heteroatoms. The number of esters is 1. The normalized spacial score (nSPS) is 21.5. The van der Waals surface area contributed by atoms with Gasteiger partial charge in [0.05, 0.1) is 6.61 Å². The highest BCUT2D eigenvalue weighted by Gasteiger charge is 2.25. The van der Waals surface area contributed by atoms with Crippen molar-refractivity contribution in [1.82, 2.24) is 10.2 Å². The molecule has 4 nitrogen and oxygen atoms in total. The molecule has 1 rings (SSSR count). The van der Waals surface area contributed by atoms with Crippen molar-refractivity contribution in [2.75, 3.05) is 19.7 Å². The number of rotatable bonds is 9. The number of nitrogens with one attached hydrogen (secondary N) is 1. The molecule has 0 aliphatic carbocycles. The lowest BCUT2D eigenvalue weighted by atomic mass is 9.97. The Labute approximate surface area is 130 Å². The van der Waals surface area contributed by atoms with Crippen molar-refractivity contribution in [1.29, 1.82) is 0 Å². The summed E-state index contributed by atoms with van der Waals surface area (Å²) < 4.78 is 5.20. The summed E-state index contributed by atoms with van der Waals surface area (Å²) >= 11 is 0. The molecule has 0 aromatic heterocycles. The largest absolute Gasteiger partial charge is 0.465 e. The van der Waals surface area contributed by atoms with E-state index in [1.54, 1.807) is 0 Å². The van der Waals surface area contributed by atoms with Crippen LogP contribution in [-0.4, -0.2) is 48.7 Å². The molecule has 0 radical (unpaired) electrons. The van der Waals surface area contributed by atoms with Gasteiger partial charge in [0.1, 0.15) is 6.04 Å². The fourth-order valence-electron chi connectivity index (χ4n) is 3.22. The maximum absolute atomic E-state index is 12.1. The smallest absolute Gasteiger partial charge is 0.323 e. The van der Waals surface area contributed by atoms with E-state index in [0.717, 1.165) is 13.0 Å². The van der Waals surface area contributed by atoms with Gasteiger partial charge in [-0.15, -0.1) is 0 Å². The number of nitrogens with zero attached hydrogens (tertiary/aromatic N) is 1. The molecule has 2 atom stereocenters. The lowest BCUT2D eigenvalue weighted by Crippen LogP contribution is -2.46. The molecular weight excluding hydrogens is 264 g/mol. The molecule has 0 aromatic rings. The minimum atomic E-state index is -0.172. The summed E-state index contributed by atoms with van der Waals surface area (Å²) in [5, 5.41) is 3.35. The first-order chi connectivity index (χ1) is 10.1. The van der Waals surface area contributed by atoms with Gasteiger partial charge in [-0.3, -0.25) is 4.79 Å². The van der Waals surface area contributed by atoms with Crippen LogP contribution in [0.15, 0.2) is 0 Å². The molecule has 1 saturated heterocycles. The molecule has 124 valence electrons. The van der Waals surface area contributed by atoms with Crippen LogP contribution in [0.25, 0.3) is 0 Å². The minimum absolute atomic E-state index is 0.102. The average Bonchev–Trinajstić information content (AvgIpc) is 2.45. The van der Waals surface area contributed by atoms with Crippen LogP contribution in [0.3, 0.4) is 0 Å². The van der Waals surface area contributed by atoms with Gasteiger partial charge in [0.25, 0.3) is 0 Å². The van der Waals surface area contributed by atoms with Gasteiger partial charge >= 0.3 is 5.97 Å². The molecule has 1 aliphatic rings. The fraction of sp³-hybridized carbons (Fsp3) is 0.941. The number of ether oxygens (including phenoxy) is 1. The Morgan fingerprint density at radius 2 is 2.10 bits per heavy atom. The van der Waals surface area contributed by atoms with E-state index in [4.69, 9.17) is 4.74 Å². The molecule has 1 heterocycles. The molecule has 2 unspecified atom stereocenters. The molecule has 1 fully saturated rings. The van der Waals surface area contributed by atoms with Crippen molar-refractivity contribution in [2.24, 2.45) is 0 Å². The Balaban J connectivity index is 2.51. The molecule has 1 N–H and O–H groups in total. The Morgan fingerprint density at radius 1 is 1.33 bits per heavy atom. The van der Waals surface area contributed by atoms with E-state index >= 15 is 0 Å². The topological polar surface area (TPSA) is 41.6 Å². The van der Waals surface area contributed by atoms with Gasteiger partial charge in [-0.2, -0.15) is 0 Å². The average molecular weight is 298 g/mol. The summed E-state index contributed by atoms with van der Waals surface area (Å²) in [6.45, 7) is 10.9. The fourth-order valence-corrected chi connectivity index (χ4v) is 3.22. The highest BCUT2D eigenvalue weighted by Crippen LogP contribution is 2.21. The van der Waals surface area contributed by atoms with Gasteiger partial charge in [-0.05, 0) is 39.2 Å². The van der Waals surface area contributed by atoms with Crippen LogP contribution in [0.2, 0.25) is 0 Å². The summed E-state index contributed by atoms with van der Waals surface area (Å²) in [6.07, 6.45) is 7.33. The summed E-state index contributed by atoms with van der Waals surface area (Å²) in [4.78, 5) is 14.6. The summed E-state index contributed by atoms with van der Waals surface area (Å²) in [6, 6.07) is 0.840. The van der Waals surface area contributed by atoms with Crippen LogP contribution in [0.4, 0.5) is 0 Å². The molecule has 0 amide bonds. The number of hydrogen-bond acceptors (Lipinski definition) is 4. The highest BCUT2D eigenvalue weighted by atomic mass is 16.5. The summed E-state index contributed by atoms with van der Waals surface area (Å²) in [5.41, 5.74) is 0. The third-order valence-corrected chi connectivity index (χ3v) is 4.18. The number of carbonyl (C=O) groups is 1. The van der Waals surface area contributed by atoms with E-state index in [2.05, 4.69) is 31.0 Å². The first-order valence-electron chi connectivity index (χ1n) is 8.75. The molecule has 0 saturated carbocycles. The Bertz CT molecular complexity index is 293. The first kappa shape index (κ1) is 18.4. The summed E-state index contributed by atoms with van der Waals surface area (Å²) in [5.74, 6) is -0.102. The molecule has 0 aromatic carbocycles. The van der Waals surface area contributed by atoms with E-state index in [0.29, 0.717) is 18.7 Å². The van der Waals surface area contributed by atoms with Crippen molar-refractivity contribution in [3.63, 3.8) is 0 Å². The highest BCUT2D eigenvalue weighted by molar-refractivity contribution is 5.75. The van der Waals surface area contributed by atoms with Crippen LogP contribution >= 0.6 is 0 Å². The third-order valence-electron chi connectivity index (χ3n) is 4.18. The van der Waals surface area contributed by atoms with E-state index in [9.17, 15) is 4.79 Å². The second-order valence-corrected chi connectivity index (χ2v) is 6.39. The van der Waals surface area contributed by atoms with E-state index in [1.807, 2.05) is 6.92 Å². The molecule has 21 heavy (non-hydrogen) atoms. The number of hydrogen-bond donors (Lipinski definition) is 1. The van der Waals surface area contributed by atoms with Gasteiger partial charge in [-0.25, -0.2) is 0 Å². The maximum Gasteiger partial charge on any atom is 0.323 e. The van der Waals surface area contributed by atoms with Gasteiger partial charge in [0, 0.05) is 18.6 Å². The molecule has 1 aliphatic heterocycles. The SMILES string of the molecule is CCCC1CCCCN1CCC(NC(C)C)C(=O)OCC. The number of piperidine rings is 1. The van der Waals surface area contributed by atoms with Gasteiger partial charge in [0.15, 0.2) is 0 Å². The second kappa shape index (κ2) is 10.2. The molecule has 0 bridgehead atoms. The van der Waals surface area contributed by atoms with Crippen LogP contribution in [-0.2, 0) is 9.53 Å². The number of likely N-dealkylation sites (tertiary alicyclic amines) is 1. The third kappa shape index (κ3) is 6.79. The quantitative estimate of drug-likeness (QED) is 0.665. The van der Waals surface area contributed by atoms with E-state index < -0.39 is 0 Å². The van der Waals surface area contributed by atoms with E-state index in [1.165, 1.54) is 38.6 Å². The van der Waals surface area contributed by atoms with Crippen molar-refractivity contribution < 1.29 is 9.53 Å². The van der Waals surface area contributed by atoms with Gasteiger partial charge in [-0.1, -0.05) is 33.6 Å². The zero-order chi connectivity index (χ0) is 15.7.